The molecule has 0 radical (unpaired) electrons. The van der Waals surface area contributed by atoms with Gasteiger partial charge in [-0.15, -0.1) is 0 Å². The van der Waals surface area contributed by atoms with E-state index in [-0.39, 0.29) is 5.91 Å². The van der Waals surface area contributed by atoms with Gasteiger partial charge >= 0.3 is 0 Å². The number of carbonyl (C=O) groups is 1. The fourth-order valence-electron chi connectivity index (χ4n) is 2.70. The fraction of sp³-hybridized carbons (Fsp3) is 0.500. The van der Waals surface area contributed by atoms with Gasteiger partial charge in [-0.3, -0.25) is 4.79 Å². The van der Waals surface area contributed by atoms with Crippen LogP contribution in [0.15, 0.2) is 6.07 Å². The number of aryl methyl sites for hydroxylation is 3. The molecule has 1 N–H and O–H groups in total. The fourth-order valence-corrected chi connectivity index (χ4v) is 2.70. The lowest BCUT2D eigenvalue weighted by molar-refractivity contribution is 0.0737. The Morgan fingerprint density at radius 1 is 1.25 bits per heavy atom. The summed E-state index contributed by atoms with van der Waals surface area (Å²) in [4.78, 5) is 19.1. The zero-order valence-electron chi connectivity index (χ0n) is 12.1. The first kappa shape index (κ1) is 13.1. The van der Waals surface area contributed by atoms with Gasteiger partial charge in [0.25, 0.3) is 5.91 Å². The first-order chi connectivity index (χ1) is 9.58. The third kappa shape index (κ3) is 2.06. The number of rotatable bonds is 1. The van der Waals surface area contributed by atoms with Crippen molar-refractivity contribution >= 4 is 11.6 Å². The number of nitrogens with one attached hydrogen (secondary N) is 1. The quantitative estimate of drug-likeness (QED) is 0.831. The lowest BCUT2D eigenvalue weighted by Crippen LogP contribution is -2.46. The Morgan fingerprint density at radius 3 is 2.65 bits per heavy atom. The van der Waals surface area contributed by atoms with Gasteiger partial charge < -0.3 is 10.2 Å². The first-order valence-electron chi connectivity index (χ1n) is 6.91. The molecule has 1 aliphatic heterocycles. The maximum atomic E-state index is 12.7. The van der Waals surface area contributed by atoms with E-state index in [2.05, 4.69) is 15.4 Å². The molecule has 0 spiro atoms. The highest BCUT2D eigenvalue weighted by atomic mass is 16.2. The summed E-state index contributed by atoms with van der Waals surface area (Å²) < 4.78 is 1.76. The zero-order chi connectivity index (χ0) is 14.3. The SMILES string of the molecule is Cc1cc(C)n2nc(C)c(C(=O)N3CCNCC3)c2n1. The summed E-state index contributed by atoms with van der Waals surface area (Å²) in [5, 5.41) is 7.72. The third-order valence-electron chi connectivity index (χ3n) is 3.69. The van der Waals surface area contributed by atoms with Crippen molar-refractivity contribution in [1.29, 1.82) is 0 Å². The molecule has 1 fully saturated rings. The van der Waals surface area contributed by atoms with Gasteiger partial charge in [0, 0.05) is 37.6 Å². The number of piperazine rings is 1. The van der Waals surface area contributed by atoms with Crippen LogP contribution in [0.2, 0.25) is 0 Å². The smallest absolute Gasteiger partial charge is 0.259 e. The molecule has 1 aliphatic rings. The average Bonchev–Trinajstić information content (AvgIpc) is 2.76. The molecule has 2 aromatic rings. The molecule has 1 amide bonds. The molecular formula is C14H19N5O. The minimum absolute atomic E-state index is 0.0384. The van der Waals surface area contributed by atoms with Gasteiger partial charge in [-0.2, -0.15) is 5.10 Å². The van der Waals surface area contributed by atoms with Crippen LogP contribution in [0.1, 0.15) is 27.4 Å². The molecule has 6 heteroatoms. The molecule has 3 heterocycles. The van der Waals surface area contributed by atoms with E-state index in [1.165, 1.54) is 0 Å². The third-order valence-corrected chi connectivity index (χ3v) is 3.69. The Bertz CT molecular complexity index is 670. The number of carbonyl (C=O) groups excluding carboxylic acids is 1. The molecule has 0 aliphatic carbocycles. The summed E-state index contributed by atoms with van der Waals surface area (Å²) in [5.74, 6) is 0.0384. The Labute approximate surface area is 117 Å². The highest BCUT2D eigenvalue weighted by Gasteiger charge is 2.25. The highest BCUT2D eigenvalue weighted by molar-refractivity contribution is 6.01. The molecule has 106 valence electrons. The number of amides is 1. The van der Waals surface area contributed by atoms with Crippen molar-refractivity contribution in [3.63, 3.8) is 0 Å². The van der Waals surface area contributed by atoms with E-state index >= 15 is 0 Å². The lowest BCUT2D eigenvalue weighted by Gasteiger charge is -2.27. The first-order valence-corrected chi connectivity index (χ1v) is 6.91. The largest absolute Gasteiger partial charge is 0.336 e. The van der Waals surface area contributed by atoms with Crippen LogP contribution in [-0.4, -0.2) is 51.6 Å². The summed E-state index contributed by atoms with van der Waals surface area (Å²) in [6.07, 6.45) is 0. The molecule has 20 heavy (non-hydrogen) atoms. The number of fused-ring (bicyclic) bond motifs is 1. The molecular weight excluding hydrogens is 254 g/mol. The molecule has 3 rings (SSSR count). The van der Waals surface area contributed by atoms with E-state index in [4.69, 9.17) is 0 Å². The van der Waals surface area contributed by atoms with Crippen molar-refractivity contribution in [2.24, 2.45) is 0 Å². The van der Waals surface area contributed by atoms with Gasteiger partial charge in [0.15, 0.2) is 5.65 Å². The minimum Gasteiger partial charge on any atom is -0.336 e. The summed E-state index contributed by atoms with van der Waals surface area (Å²) in [6, 6.07) is 1.97. The Balaban J connectivity index is 2.10. The molecule has 6 nitrogen and oxygen atoms in total. The van der Waals surface area contributed by atoms with Gasteiger partial charge in [0.05, 0.1) is 5.69 Å². The van der Waals surface area contributed by atoms with E-state index in [0.29, 0.717) is 11.2 Å². The highest BCUT2D eigenvalue weighted by Crippen LogP contribution is 2.18. The number of hydrogen-bond donors (Lipinski definition) is 1. The van der Waals surface area contributed by atoms with E-state index < -0.39 is 0 Å². The zero-order valence-corrected chi connectivity index (χ0v) is 12.1. The van der Waals surface area contributed by atoms with E-state index in [1.54, 1.807) is 4.52 Å². The van der Waals surface area contributed by atoms with Crippen LogP contribution >= 0.6 is 0 Å². The molecule has 1 saturated heterocycles. The van der Waals surface area contributed by atoms with Crippen molar-refractivity contribution in [3.05, 3.63) is 28.7 Å². The Hall–Kier alpha value is -1.95. The van der Waals surface area contributed by atoms with Crippen LogP contribution in [0.5, 0.6) is 0 Å². The maximum Gasteiger partial charge on any atom is 0.259 e. The van der Waals surface area contributed by atoms with Crippen LogP contribution in [0.3, 0.4) is 0 Å². The Morgan fingerprint density at radius 2 is 1.95 bits per heavy atom. The maximum absolute atomic E-state index is 12.7. The van der Waals surface area contributed by atoms with Crippen molar-refractivity contribution in [2.45, 2.75) is 20.8 Å². The summed E-state index contributed by atoms with van der Waals surface area (Å²) in [7, 11) is 0. The molecule has 0 unspecified atom stereocenters. The number of nitrogens with zero attached hydrogens (tertiary/aromatic N) is 4. The molecule has 0 saturated carbocycles. The number of hydrogen-bond acceptors (Lipinski definition) is 4. The summed E-state index contributed by atoms with van der Waals surface area (Å²) in [5.41, 5.74) is 3.95. The average molecular weight is 273 g/mol. The molecule has 2 aromatic heterocycles. The second-order valence-corrected chi connectivity index (χ2v) is 5.28. The standard InChI is InChI=1S/C14H19N5O/c1-9-8-10(2)19-13(16-9)12(11(3)17-19)14(20)18-6-4-15-5-7-18/h8,15H,4-7H2,1-3H3. The van der Waals surface area contributed by atoms with Crippen LogP contribution in [0.4, 0.5) is 0 Å². The molecule has 0 bridgehead atoms. The van der Waals surface area contributed by atoms with Gasteiger partial charge in [0.2, 0.25) is 0 Å². The predicted molar refractivity (Wildman–Crippen MR) is 76.0 cm³/mol. The monoisotopic (exact) mass is 273 g/mol. The number of aromatic nitrogens is 3. The second-order valence-electron chi connectivity index (χ2n) is 5.28. The normalized spacial score (nSPS) is 15.8. The van der Waals surface area contributed by atoms with E-state index in [0.717, 1.165) is 43.3 Å². The summed E-state index contributed by atoms with van der Waals surface area (Å²) in [6.45, 7) is 8.95. The summed E-state index contributed by atoms with van der Waals surface area (Å²) >= 11 is 0. The van der Waals surface area contributed by atoms with E-state index in [9.17, 15) is 4.79 Å². The van der Waals surface area contributed by atoms with Crippen molar-refractivity contribution in [1.82, 2.24) is 24.8 Å². The second kappa shape index (κ2) is 4.86. The van der Waals surface area contributed by atoms with Crippen LogP contribution in [0, 0.1) is 20.8 Å². The van der Waals surface area contributed by atoms with Gasteiger partial charge in [-0.05, 0) is 26.8 Å². The van der Waals surface area contributed by atoms with Gasteiger partial charge in [-0.1, -0.05) is 0 Å². The van der Waals surface area contributed by atoms with Crippen molar-refractivity contribution in [3.8, 4) is 0 Å². The minimum atomic E-state index is 0.0384. The van der Waals surface area contributed by atoms with E-state index in [1.807, 2.05) is 31.7 Å². The van der Waals surface area contributed by atoms with Crippen LogP contribution in [-0.2, 0) is 0 Å². The predicted octanol–water partition coefficient (Wildman–Crippen LogP) is 0.700. The topological polar surface area (TPSA) is 62.5 Å². The van der Waals surface area contributed by atoms with Crippen LogP contribution < -0.4 is 5.32 Å². The lowest BCUT2D eigenvalue weighted by atomic mass is 10.2. The van der Waals surface area contributed by atoms with Crippen molar-refractivity contribution in [2.75, 3.05) is 26.2 Å². The Kier molecular flexibility index (Phi) is 3.17. The molecule has 0 atom stereocenters. The van der Waals surface area contributed by atoms with Gasteiger partial charge in [0.1, 0.15) is 5.56 Å². The van der Waals surface area contributed by atoms with Gasteiger partial charge in [-0.25, -0.2) is 9.50 Å². The van der Waals surface area contributed by atoms with Crippen molar-refractivity contribution < 1.29 is 4.79 Å². The van der Waals surface area contributed by atoms with Crippen LogP contribution in [0.25, 0.3) is 5.65 Å². The molecule has 0 aromatic carbocycles.